The van der Waals surface area contributed by atoms with Gasteiger partial charge in [-0.15, -0.1) is 11.3 Å². The molecule has 0 saturated carbocycles. The summed E-state index contributed by atoms with van der Waals surface area (Å²) in [6.07, 6.45) is -0.183. The molecule has 1 aromatic carbocycles. The first-order valence-electron chi connectivity index (χ1n) is 7.18. The largest absolute Gasteiger partial charge is 0.486 e. The summed E-state index contributed by atoms with van der Waals surface area (Å²) in [5.74, 6) is 1.46. The van der Waals surface area contributed by atoms with Crippen LogP contribution < -0.4 is 20.1 Å². The van der Waals surface area contributed by atoms with Crippen LogP contribution in [0.15, 0.2) is 41.8 Å². The number of fused-ring (bicyclic) bond motifs is 1. The van der Waals surface area contributed by atoms with Crippen molar-refractivity contribution in [2.45, 2.75) is 19.1 Å². The van der Waals surface area contributed by atoms with Crippen LogP contribution in [-0.2, 0) is 0 Å². The van der Waals surface area contributed by atoms with Crippen LogP contribution in [0.1, 0.15) is 17.8 Å². The van der Waals surface area contributed by atoms with Gasteiger partial charge in [-0.2, -0.15) is 0 Å². The van der Waals surface area contributed by atoms with Crippen molar-refractivity contribution >= 4 is 17.4 Å². The molecule has 2 heterocycles. The molecule has 0 spiro atoms. The summed E-state index contributed by atoms with van der Waals surface area (Å²) in [6.45, 7) is 2.79. The summed E-state index contributed by atoms with van der Waals surface area (Å²) in [6, 6.07) is 11.3. The molecule has 2 amide bonds. The second-order valence-electron chi connectivity index (χ2n) is 5.09. The molecule has 3 rings (SSSR count). The molecule has 0 bridgehead atoms. The number of thiophene rings is 1. The van der Waals surface area contributed by atoms with Crippen LogP contribution >= 0.6 is 11.3 Å². The summed E-state index contributed by atoms with van der Waals surface area (Å²) in [4.78, 5) is 13.0. The molecule has 1 aliphatic rings. The first-order chi connectivity index (χ1) is 10.7. The number of hydrogen-bond acceptors (Lipinski definition) is 4. The van der Waals surface area contributed by atoms with E-state index in [9.17, 15) is 4.79 Å². The van der Waals surface area contributed by atoms with Crippen molar-refractivity contribution in [3.8, 4) is 11.5 Å². The van der Waals surface area contributed by atoms with Crippen molar-refractivity contribution in [1.82, 2.24) is 10.6 Å². The van der Waals surface area contributed by atoms with Crippen molar-refractivity contribution < 1.29 is 14.3 Å². The Morgan fingerprint density at radius 1 is 1.32 bits per heavy atom. The fourth-order valence-corrected chi connectivity index (χ4v) is 2.96. The van der Waals surface area contributed by atoms with E-state index in [4.69, 9.17) is 9.47 Å². The maximum Gasteiger partial charge on any atom is 0.315 e. The number of ether oxygens (including phenoxy) is 2. The molecule has 0 unspecified atom stereocenters. The van der Waals surface area contributed by atoms with E-state index in [0.717, 1.165) is 10.6 Å². The van der Waals surface area contributed by atoms with Crippen molar-refractivity contribution in [1.29, 1.82) is 0 Å². The van der Waals surface area contributed by atoms with Gasteiger partial charge in [0.15, 0.2) is 17.6 Å². The average molecular weight is 318 g/mol. The zero-order valence-corrected chi connectivity index (χ0v) is 13.1. The smallest absolute Gasteiger partial charge is 0.315 e. The molecule has 2 aromatic rings. The minimum atomic E-state index is -0.205. The molecule has 116 valence electrons. The first-order valence-corrected chi connectivity index (χ1v) is 8.06. The van der Waals surface area contributed by atoms with Crippen molar-refractivity contribution in [3.63, 3.8) is 0 Å². The Balaban J connectivity index is 1.46. The van der Waals surface area contributed by atoms with Gasteiger partial charge in [0, 0.05) is 4.88 Å². The number of amides is 2. The van der Waals surface area contributed by atoms with Crippen LogP contribution in [0, 0.1) is 0 Å². The molecule has 2 N–H and O–H groups in total. The highest BCUT2D eigenvalue weighted by Gasteiger charge is 2.21. The van der Waals surface area contributed by atoms with Crippen molar-refractivity contribution in [3.05, 3.63) is 46.7 Å². The van der Waals surface area contributed by atoms with Gasteiger partial charge in [0.2, 0.25) is 0 Å². The number of hydrogen-bond donors (Lipinski definition) is 2. The molecule has 1 aliphatic heterocycles. The Hall–Kier alpha value is -2.21. The van der Waals surface area contributed by atoms with Crippen LogP contribution in [-0.4, -0.2) is 25.3 Å². The highest BCUT2D eigenvalue weighted by atomic mass is 32.1. The van der Waals surface area contributed by atoms with E-state index >= 15 is 0 Å². The normalized spacial score (nSPS) is 17.6. The van der Waals surface area contributed by atoms with Crippen molar-refractivity contribution in [2.24, 2.45) is 0 Å². The van der Waals surface area contributed by atoms with Crippen LogP contribution in [0.4, 0.5) is 4.79 Å². The fraction of sp³-hybridized carbons (Fsp3) is 0.312. The van der Waals surface area contributed by atoms with E-state index in [1.807, 2.05) is 48.7 Å². The monoisotopic (exact) mass is 318 g/mol. The Morgan fingerprint density at radius 3 is 2.91 bits per heavy atom. The maximum atomic E-state index is 11.9. The molecule has 22 heavy (non-hydrogen) atoms. The molecular weight excluding hydrogens is 300 g/mol. The van der Waals surface area contributed by atoms with Gasteiger partial charge in [-0.05, 0) is 30.5 Å². The van der Waals surface area contributed by atoms with E-state index in [2.05, 4.69) is 10.6 Å². The number of benzene rings is 1. The summed E-state index contributed by atoms with van der Waals surface area (Å²) in [7, 11) is 0. The van der Waals surface area contributed by atoms with Gasteiger partial charge in [-0.1, -0.05) is 18.2 Å². The van der Waals surface area contributed by atoms with E-state index in [1.165, 1.54) is 0 Å². The van der Waals surface area contributed by atoms with E-state index < -0.39 is 0 Å². The van der Waals surface area contributed by atoms with Crippen LogP contribution in [0.25, 0.3) is 0 Å². The van der Waals surface area contributed by atoms with Gasteiger partial charge in [0.05, 0.1) is 12.6 Å². The van der Waals surface area contributed by atoms with E-state index in [-0.39, 0.29) is 18.2 Å². The van der Waals surface area contributed by atoms with Gasteiger partial charge in [0.1, 0.15) is 6.61 Å². The number of nitrogens with one attached hydrogen (secondary N) is 2. The van der Waals surface area contributed by atoms with Gasteiger partial charge < -0.3 is 20.1 Å². The fourth-order valence-electron chi connectivity index (χ4n) is 2.23. The average Bonchev–Trinajstić information content (AvgIpc) is 3.07. The maximum absolute atomic E-state index is 11.9. The second-order valence-corrected chi connectivity index (χ2v) is 6.07. The SMILES string of the molecule is C[C@H](NC(=O)NC[C@H]1COc2ccccc2O1)c1cccs1. The van der Waals surface area contributed by atoms with Gasteiger partial charge in [0.25, 0.3) is 0 Å². The predicted octanol–water partition coefficient (Wildman–Crippen LogP) is 2.95. The quantitative estimate of drug-likeness (QED) is 0.911. The zero-order chi connectivity index (χ0) is 15.4. The zero-order valence-electron chi connectivity index (χ0n) is 12.2. The summed E-state index contributed by atoms with van der Waals surface area (Å²) in [5, 5.41) is 7.73. The number of para-hydroxylation sites is 2. The third-order valence-electron chi connectivity index (χ3n) is 3.38. The van der Waals surface area contributed by atoms with Crippen LogP contribution in [0.2, 0.25) is 0 Å². The lowest BCUT2D eigenvalue weighted by atomic mass is 10.2. The number of carbonyl (C=O) groups excluding carboxylic acids is 1. The molecule has 0 saturated heterocycles. The summed E-state index contributed by atoms with van der Waals surface area (Å²) in [5.41, 5.74) is 0. The Labute approximate surface area is 133 Å². The minimum Gasteiger partial charge on any atom is -0.486 e. The molecule has 0 radical (unpaired) electrons. The predicted molar refractivity (Wildman–Crippen MR) is 85.6 cm³/mol. The lowest BCUT2D eigenvalue weighted by molar-refractivity contribution is 0.0917. The topological polar surface area (TPSA) is 59.6 Å². The first kappa shape index (κ1) is 14.7. The molecule has 6 heteroatoms. The molecule has 2 atom stereocenters. The van der Waals surface area contributed by atoms with Gasteiger partial charge >= 0.3 is 6.03 Å². The molecular formula is C16H18N2O3S. The van der Waals surface area contributed by atoms with E-state index in [0.29, 0.717) is 18.9 Å². The third kappa shape index (κ3) is 3.51. The standard InChI is InChI=1S/C16H18N2O3S/c1-11(15-7-4-8-22-15)18-16(19)17-9-12-10-20-13-5-2-3-6-14(13)21-12/h2-8,11-12H,9-10H2,1H3,(H2,17,18,19)/t11-,12-/m0/s1. The summed E-state index contributed by atoms with van der Waals surface area (Å²) >= 11 is 1.62. The van der Waals surface area contributed by atoms with Crippen LogP contribution in [0.3, 0.4) is 0 Å². The number of urea groups is 1. The molecule has 0 aliphatic carbocycles. The highest BCUT2D eigenvalue weighted by Crippen LogP contribution is 2.30. The van der Waals surface area contributed by atoms with Gasteiger partial charge in [-0.3, -0.25) is 0 Å². The van der Waals surface area contributed by atoms with Crippen LogP contribution in [0.5, 0.6) is 11.5 Å². The number of rotatable bonds is 4. The third-order valence-corrected chi connectivity index (χ3v) is 4.43. The van der Waals surface area contributed by atoms with Crippen molar-refractivity contribution in [2.75, 3.05) is 13.2 Å². The Bertz CT molecular complexity index is 630. The van der Waals surface area contributed by atoms with Gasteiger partial charge in [-0.25, -0.2) is 4.79 Å². The minimum absolute atomic E-state index is 0.00995. The molecule has 1 aromatic heterocycles. The second kappa shape index (κ2) is 6.70. The lowest BCUT2D eigenvalue weighted by Crippen LogP contribution is -2.44. The molecule has 0 fully saturated rings. The molecule has 5 nitrogen and oxygen atoms in total. The Morgan fingerprint density at radius 2 is 2.14 bits per heavy atom. The lowest BCUT2D eigenvalue weighted by Gasteiger charge is -2.26. The Kier molecular flexibility index (Phi) is 4.48. The highest BCUT2D eigenvalue weighted by molar-refractivity contribution is 7.10. The summed E-state index contributed by atoms with van der Waals surface area (Å²) < 4.78 is 11.4. The number of carbonyl (C=O) groups is 1. The van der Waals surface area contributed by atoms with E-state index in [1.54, 1.807) is 11.3 Å².